The maximum absolute atomic E-state index is 12.8. The van der Waals surface area contributed by atoms with Crippen molar-refractivity contribution in [1.82, 2.24) is 10.3 Å². The minimum Gasteiger partial charge on any atom is -0.395 e. The van der Waals surface area contributed by atoms with E-state index in [0.717, 1.165) is 24.9 Å². The van der Waals surface area contributed by atoms with Crippen LogP contribution in [0.1, 0.15) is 34.3 Å². The van der Waals surface area contributed by atoms with Crippen LogP contribution in [0.3, 0.4) is 0 Å². The number of pyridine rings is 1. The standard InChI is InChI=1S/C25H26Cl2N4O2/c26-19-5-7-22(21(13-19)24(33)31-23-8-6-20(27)15-30-23)29-14-17-1-3-18(4-2-17)25(9-10-25)16-28-11-12-32/h1-8,13,15,28-29,32H,9-12,14,16H2,(H,30,31,33). The Hall–Kier alpha value is -2.64. The zero-order valence-corrected chi connectivity index (χ0v) is 19.6. The van der Waals surface area contributed by atoms with E-state index in [-0.39, 0.29) is 17.9 Å². The third kappa shape index (κ3) is 6.03. The van der Waals surface area contributed by atoms with Crippen molar-refractivity contribution in [3.63, 3.8) is 0 Å². The second-order valence-corrected chi connectivity index (χ2v) is 9.11. The number of nitrogens with zero attached hydrogens (tertiary/aromatic N) is 1. The number of rotatable bonds is 10. The lowest BCUT2D eigenvalue weighted by Crippen LogP contribution is -2.29. The minimum absolute atomic E-state index is 0.154. The van der Waals surface area contributed by atoms with Gasteiger partial charge in [-0.15, -0.1) is 0 Å². The van der Waals surface area contributed by atoms with Gasteiger partial charge in [0.05, 0.1) is 17.2 Å². The first kappa shape index (κ1) is 23.5. The number of benzene rings is 2. The van der Waals surface area contributed by atoms with Gasteiger partial charge in [-0.25, -0.2) is 4.98 Å². The summed E-state index contributed by atoms with van der Waals surface area (Å²) < 4.78 is 0. The van der Waals surface area contributed by atoms with Gasteiger partial charge in [0.2, 0.25) is 0 Å². The normalized spacial score (nSPS) is 14.0. The van der Waals surface area contributed by atoms with E-state index in [1.807, 2.05) is 0 Å². The number of nitrogens with one attached hydrogen (secondary N) is 3. The first-order valence-corrected chi connectivity index (χ1v) is 11.6. The molecular weight excluding hydrogens is 459 g/mol. The molecule has 1 saturated carbocycles. The van der Waals surface area contributed by atoms with Crippen LogP contribution in [0.2, 0.25) is 10.0 Å². The zero-order valence-electron chi connectivity index (χ0n) is 18.1. The van der Waals surface area contributed by atoms with Crippen LogP contribution in [0, 0.1) is 0 Å². The number of carbonyl (C=O) groups is 1. The average molecular weight is 485 g/mol. The molecule has 0 unspecified atom stereocenters. The van der Waals surface area contributed by atoms with E-state index >= 15 is 0 Å². The van der Waals surface area contributed by atoms with Crippen molar-refractivity contribution in [3.8, 4) is 0 Å². The molecule has 6 nitrogen and oxygen atoms in total. The SMILES string of the molecule is O=C(Nc1ccc(Cl)cn1)c1cc(Cl)ccc1NCc1ccc(C2(CNCCO)CC2)cc1. The highest BCUT2D eigenvalue weighted by Crippen LogP contribution is 2.47. The summed E-state index contributed by atoms with van der Waals surface area (Å²) in [6.07, 6.45) is 3.80. The molecule has 172 valence electrons. The van der Waals surface area contributed by atoms with Gasteiger partial charge in [-0.3, -0.25) is 4.79 Å². The number of aliphatic hydroxyl groups is 1. The summed E-state index contributed by atoms with van der Waals surface area (Å²) in [5.41, 5.74) is 3.74. The van der Waals surface area contributed by atoms with E-state index in [2.05, 4.69) is 45.2 Å². The molecule has 1 aromatic heterocycles. The Kier molecular flexibility index (Phi) is 7.50. The summed E-state index contributed by atoms with van der Waals surface area (Å²) in [5.74, 6) is 0.102. The average Bonchev–Trinajstić information content (AvgIpc) is 3.61. The molecule has 8 heteroatoms. The van der Waals surface area contributed by atoms with Gasteiger partial charge < -0.3 is 21.1 Å². The van der Waals surface area contributed by atoms with Crippen molar-refractivity contribution in [2.24, 2.45) is 0 Å². The summed E-state index contributed by atoms with van der Waals surface area (Å²) in [7, 11) is 0. The third-order valence-electron chi connectivity index (χ3n) is 5.85. The maximum atomic E-state index is 12.8. The van der Waals surface area contributed by atoms with Crippen molar-refractivity contribution in [1.29, 1.82) is 0 Å². The van der Waals surface area contributed by atoms with Gasteiger partial charge in [0.1, 0.15) is 5.82 Å². The van der Waals surface area contributed by atoms with Crippen LogP contribution in [0.5, 0.6) is 0 Å². The van der Waals surface area contributed by atoms with Gasteiger partial charge in [0.25, 0.3) is 5.91 Å². The molecule has 0 saturated heterocycles. The van der Waals surface area contributed by atoms with E-state index in [9.17, 15) is 4.79 Å². The summed E-state index contributed by atoms with van der Waals surface area (Å²) in [4.78, 5) is 17.0. The fraction of sp³-hybridized carbons (Fsp3) is 0.280. The number of hydrogen-bond acceptors (Lipinski definition) is 5. The Bertz CT molecular complexity index is 1100. The molecule has 0 aliphatic heterocycles. The Labute approximate surface area is 203 Å². The van der Waals surface area contributed by atoms with Crippen LogP contribution in [-0.2, 0) is 12.0 Å². The Balaban J connectivity index is 1.41. The quantitative estimate of drug-likeness (QED) is 0.308. The molecule has 1 aliphatic carbocycles. The number of aromatic nitrogens is 1. The zero-order chi connectivity index (χ0) is 23.3. The van der Waals surface area contributed by atoms with Crippen LogP contribution in [0.4, 0.5) is 11.5 Å². The lowest BCUT2D eigenvalue weighted by Gasteiger charge is -2.17. The molecule has 1 heterocycles. The predicted molar refractivity (Wildman–Crippen MR) is 133 cm³/mol. The van der Waals surface area contributed by atoms with Gasteiger partial charge >= 0.3 is 0 Å². The fourth-order valence-electron chi connectivity index (χ4n) is 3.79. The molecular formula is C25H26Cl2N4O2. The van der Waals surface area contributed by atoms with Gasteiger partial charge in [-0.05, 0) is 54.3 Å². The Morgan fingerprint density at radius 3 is 2.45 bits per heavy atom. The fourth-order valence-corrected chi connectivity index (χ4v) is 4.07. The second-order valence-electron chi connectivity index (χ2n) is 8.24. The molecule has 1 amide bonds. The molecule has 1 fully saturated rings. The molecule has 4 N–H and O–H groups in total. The lowest BCUT2D eigenvalue weighted by atomic mass is 9.95. The largest absolute Gasteiger partial charge is 0.395 e. The summed E-state index contributed by atoms with van der Waals surface area (Å²) in [5, 5.41) is 19.4. The molecule has 0 spiro atoms. The highest BCUT2D eigenvalue weighted by Gasteiger charge is 2.43. The van der Waals surface area contributed by atoms with Gasteiger partial charge in [0.15, 0.2) is 0 Å². The van der Waals surface area contributed by atoms with Gasteiger partial charge in [0, 0.05) is 42.0 Å². The summed E-state index contributed by atoms with van der Waals surface area (Å²) in [6.45, 7) is 2.23. The number of anilines is 2. The smallest absolute Gasteiger partial charge is 0.258 e. The van der Waals surface area contributed by atoms with Crippen molar-refractivity contribution in [2.45, 2.75) is 24.8 Å². The summed E-state index contributed by atoms with van der Waals surface area (Å²) in [6, 6.07) is 17.1. The molecule has 2 aromatic carbocycles. The third-order valence-corrected chi connectivity index (χ3v) is 6.31. The predicted octanol–water partition coefficient (Wildman–Crippen LogP) is 4.87. The number of halogens is 2. The monoisotopic (exact) mass is 484 g/mol. The highest BCUT2D eigenvalue weighted by atomic mass is 35.5. The molecule has 4 rings (SSSR count). The maximum Gasteiger partial charge on any atom is 0.258 e. The van der Waals surface area contributed by atoms with Crippen LogP contribution in [0.25, 0.3) is 0 Å². The topological polar surface area (TPSA) is 86.3 Å². The van der Waals surface area contributed by atoms with Crippen LogP contribution in [0.15, 0.2) is 60.8 Å². The number of hydrogen-bond donors (Lipinski definition) is 4. The molecule has 0 atom stereocenters. The van der Waals surface area contributed by atoms with Crippen molar-refractivity contribution in [2.75, 3.05) is 30.3 Å². The number of aliphatic hydroxyl groups excluding tert-OH is 1. The van der Waals surface area contributed by atoms with E-state index in [1.165, 1.54) is 11.8 Å². The van der Waals surface area contributed by atoms with Crippen LogP contribution in [-0.4, -0.2) is 35.7 Å². The van der Waals surface area contributed by atoms with Crippen LogP contribution < -0.4 is 16.0 Å². The molecule has 0 radical (unpaired) electrons. The molecule has 1 aliphatic rings. The number of amides is 1. The lowest BCUT2D eigenvalue weighted by molar-refractivity contribution is 0.102. The van der Waals surface area contributed by atoms with E-state index in [1.54, 1.807) is 30.3 Å². The summed E-state index contributed by atoms with van der Waals surface area (Å²) >= 11 is 12.0. The molecule has 3 aromatic rings. The van der Waals surface area contributed by atoms with Gasteiger partial charge in [-0.1, -0.05) is 47.5 Å². The minimum atomic E-state index is -0.309. The van der Waals surface area contributed by atoms with E-state index in [4.69, 9.17) is 28.3 Å². The Morgan fingerprint density at radius 2 is 1.79 bits per heavy atom. The van der Waals surface area contributed by atoms with E-state index < -0.39 is 0 Å². The van der Waals surface area contributed by atoms with Crippen molar-refractivity contribution >= 4 is 40.6 Å². The van der Waals surface area contributed by atoms with Crippen LogP contribution >= 0.6 is 23.2 Å². The Morgan fingerprint density at radius 1 is 1.03 bits per heavy atom. The second kappa shape index (κ2) is 10.5. The first-order valence-electron chi connectivity index (χ1n) is 10.9. The molecule has 33 heavy (non-hydrogen) atoms. The van der Waals surface area contributed by atoms with Gasteiger partial charge in [-0.2, -0.15) is 0 Å². The van der Waals surface area contributed by atoms with E-state index in [0.29, 0.717) is 40.2 Å². The molecule has 0 bridgehead atoms. The number of carbonyl (C=O) groups excluding carboxylic acids is 1. The van der Waals surface area contributed by atoms with Crippen molar-refractivity contribution in [3.05, 3.63) is 87.5 Å². The first-order chi connectivity index (χ1) is 16.0. The van der Waals surface area contributed by atoms with Crippen molar-refractivity contribution < 1.29 is 9.90 Å². The highest BCUT2D eigenvalue weighted by molar-refractivity contribution is 6.31.